The summed E-state index contributed by atoms with van der Waals surface area (Å²) in [5.41, 5.74) is 0.301. The quantitative estimate of drug-likeness (QED) is 0.849. The van der Waals surface area contributed by atoms with E-state index in [-0.39, 0.29) is 17.0 Å². The van der Waals surface area contributed by atoms with E-state index in [0.29, 0.717) is 24.1 Å². The number of amides is 1. The van der Waals surface area contributed by atoms with Crippen molar-refractivity contribution in [1.29, 1.82) is 0 Å². The van der Waals surface area contributed by atoms with E-state index in [2.05, 4.69) is 24.1 Å². The van der Waals surface area contributed by atoms with Crippen LogP contribution in [0.15, 0.2) is 5.38 Å². The molecule has 0 aromatic carbocycles. The molecule has 1 aromatic heterocycles. The summed E-state index contributed by atoms with van der Waals surface area (Å²) < 4.78 is 4.88. The van der Waals surface area contributed by atoms with Gasteiger partial charge in [0.1, 0.15) is 5.69 Å². The molecule has 0 aliphatic heterocycles. The second kappa shape index (κ2) is 7.02. The molecular weight excluding hydrogens is 288 g/mol. The highest BCUT2D eigenvalue weighted by Gasteiger charge is 2.33. The third-order valence-electron chi connectivity index (χ3n) is 4.25. The predicted molar refractivity (Wildman–Crippen MR) is 81.5 cm³/mol. The summed E-state index contributed by atoms with van der Waals surface area (Å²) in [6.45, 7) is 6.43. The van der Waals surface area contributed by atoms with E-state index in [1.54, 1.807) is 12.3 Å². The van der Waals surface area contributed by atoms with Crippen LogP contribution in [0.4, 0.5) is 0 Å². The largest absolute Gasteiger partial charge is 0.461 e. The van der Waals surface area contributed by atoms with Crippen LogP contribution >= 0.6 is 11.3 Å². The van der Waals surface area contributed by atoms with Crippen molar-refractivity contribution in [1.82, 2.24) is 10.3 Å². The van der Waals surface area contributed by atoms with Crippen molar-refractivity contribution in [2.75, 3.05) is 6.61 Å². The summed E-state index contributed by atoms with van der Waals surface area (Å²) in [6.07, 6.45) is 3.32. The van der Waals surface area contributed by atoms with Crippen molar-refractivity contribution >= 4 is 23.2 Å². The molecule has 1 aliphatic carbocycles. The molecule has 0 spiro atoms. The van der Waals surface area contributed by atoms with Crippen LogP contribution in [-0.2, 0) is 4.74 Å². The lowest BCUT2D eigenvalue weighted by atomic mass is 9.93. The summed E-state index contributed by atoms with van der Waals surface area (Å²) >= 11 is 1.14. The number of hydrogen-bond acceptors (Lipinski definition) is 5. The standard InChI is InChI=1S/C15H22N2O3S/c1-4-10-6-7-11(9(10)3)16-13(18)12-8-21-14(17-12)15(19)20-5-2/h8-11H,4-7H2,1-3H3,(H,16,18). The molecule has 1 aliphatic rings. The lowest BCUT2D eigenvalue weighted by Crippen LogP contribution is -2.37. The average molecular weight is 310 g/mol. The monoisotopic (exact) mass is 310 g/mol. The molecular formula is C15H22N2O3S. The fraction of sp³-hybridized carbons (Fsp3) is 0.667. The number of rotatable bonds is 5. The minimum atomic E-state index is -0.471. The van der Waals surface area contributed by atoms with Gasteiger partial charge in [0.05, 0.1) is 6.61 Å². The van der Waals surface area contributed by atoms with Crippen LogP contribution in [0.3, 0.4) is 0 Å². The Labute approximate surface area is 129 Å². The number of carbonyl (C=O) groups excluding carboxylic acids is 2. The molecule has 1 fully saturated rings. The Morgan fingerprint density at radius 2 is 2.19 bits per heavy atom. The van der Waals surface area contributed by atoms with Crippen LogP contribution in [0.2, 0.25) is 0 Å². The predicted octanol–water partition coefficient (Wildman–Crippen LogP) is 2.87. The molecule has 3 atom stereocenters. The molecule has 1 amide bonds. The first-order valence-corrected chi connectivity index (χ1v) is 8.38. The SMILES string of the molecule is CCOC(=O)c1nc(C(=O)NC2CCC(CC)C2C)cs1. The van der Waals surface area contributed by atoms with Crippen LogP contribution in [0.25, 0.3) is 0 Å². The molecule has 1 heterocycles. The fourth-order valence-electron chi connectivity index (χ4n) is 2.93. The number of nitrogens with zero attached hydrogens (tertiary/aromatic N) is 1. The zero-order valence-corrected chi connectivity index (χ0v) is 13.5. The highest BCUT2D eigenvalue weighted by atomic mass is 32.1. The first-order valence-electron chi connectivity index (χ1n) is 7.50. The van der Waals surface area contributed by atoms with Gasteiger partial charge < -0.3 is 10.1 Å². The van der Waals surface area contributed by atoms with Crippen LogP contribution in [-0.4, -0.2) is 29.5 Å². The van der Waals surface area contributed by atoms with Gasteiger partial charge in [0, 0.05) is 11.4 Å². The first-order chi connectivity index (χ1) is 10.1. The van der Waals surface area contributed by atoms with E-state index in [9.17, 15) is 9.59 Å². The number of aromatic nitrogens is 1. The minimum Gasteiger partial charge on any atom is -0.461 e. The van der Waals surface area contributed by atoms with Crippen molar-refractivity contribution in [2.45, 2.75) is 46.1 Å². The smallest absolute Gasteiger partial charge is 0.367 e. The van der Waals surface area contributed by atoms with Crippen molar-refractivity contribution in [3.8, 4) is 0 Å². The molecule has 6 heteroatoms. The van der Waals surface area contributed by atoms with Gasteiger partial charge in [-0.2, -0.15) is 0 Å². The molecule has 21 heavy (non-hydrogen) atoms. The van der Waals surface area contributed by atoms with E-state index in [4.69, 9.17) is 4.74 Å². The van der Waals surface area contributed by atoms with Crippen LogP contribution in [0.5, 0.6) is 0 Å². The second-order valence-electron chi connectivity index (χ2n) is 5.44. The minimum absolute atomic E-state index is 0.199. The fourth-order valence-corrected chi connectivity index (χ4v) is 3.62. The number of ether oxygens (including phenoxy) is 1. The summed E-state index contributed by atoms with van der Waals surface area (Å²) in [4.78, 5) is 27.8. The lowest BCUT2D eigenvalue weighted by Gasteiger charge is -2.20. The molecule has 3 unspecified atom stereocenters. The maximum absolute atomic E-state index is 12.2. The summed E-state index contributed by atoms with van der Waals surface area (Å²) in [6, 6.07) is 0.204. The van der Waals surface area contributed by atoms with Crippen LogP contribution in [0, 0.1) is 11.8 Å². The van der Waals surface area contributed by atoms with Crippen molar-refractivity contribution in [3.63, 3.8) is 0 Å². The zero-order valence-electron chi connectivity index (χ0n) is 12.7. The van der Waals surface area contributed by atoms with Gasteiger partial charge in [0.2, 0.25) is 5.01 Å². The second-order valence-corrected chi connectivity index (χ2v) is 6.30. The first kappa shape index (κ1) is 15.9. The Morgan fingerprint density at radius 3 is 2.81 bits per heavy atom. The number of nitrogens with one attached hydrogen (secondary N) is 1. The number of hydrogen-bond donors (Lipinski definition) is 1. The van der Waals surface area contributed by atoms with E-state index >= 15 is 0 Å². The molecule has 0 radical (unpaired) electrons. The molecule has 5 nitrogen and oxygen atoms in total. The summed E-state index contributed by atoms with van der Waals surface area (Å²) in [7, 11) is 0. The van der Waals surface area contributed by atoms with Gasteiger partial charge in [0.15, 0.2) is 0 Å². The third-order valence-corrected chi connectivity index (χ3v) is 5.08. The van der Waals surface area contributed by atoms with E-state index in [0.717, 1.165) is 30.6 Å². The highest BCUT2D eigenvalue weighted by molar-refractivity contribution is 7.11. The van der Waals surface area contributed by atoms with E-state index < -0.39 is 5.97 Å². The Morgan fingerprint density at radius 1 is 1.43 bits per heavy atom. The van der Waals surface area contributed by atoms with E-state index in [1.807, 2.05) is 0 Å². The Hall–Kier alpha value is -1.43. The van der Waals surface area contributed by atoms with Gasteiger partial charge in [-0.05, 0) is 31.6 Å². The molecule has 1 saturated carbocycles. The molecule has 2 rings (SSSR count). The average Bonchev–Trinajstić information content (AvgIpc) is 3.07. The van der Waals surface area contributed by atoms with Gasteiger partial charge in [-0.3, -0.25) is 4.79 Å². The Kier molecular flexibility index (Phi) is 5.33. The molecule has 116 valence electrons. The zero-order chi connectivity index (χ0) is 15.4. The maximum Gasteiger partial charge on any atom is 0.367 e. The van der Waals surface area contributed by atoms with Gasteiger partial charge in [-0.1, -0.05) is 20.3 Å². The molecule has 1 aromatic rings. The Bertz CT molecular complexity index is 515. The van der Waals surface area contributed by atoms with E-state index in [1.165, 1.54) is 0 Å². The van der Waals surface area contributed by atoms with Crippen LogP contribution in [0.1, 0.15) is 60.3 Å². The van der Waals surface area contributed by atoms with Crippen molar-refractivity contribution in [2.24, 2.45) is 11.8 Å². The maximum atomic E-state index is 12.2. The summed E-state index contributed by atoms with van der Waals surface area (Å²) in [5.74, 6) is 0.500. The van der Waals surface area contributed by atoms with Crippen molar-refractivity contribution < 1.29 is 14.3 Å². The molecule has 1 N–H and O–H groups in total. The van der Waals surface area contributed by atoms with Gasteiger partial charge >= 0.3 is 5.97 Å². The van der Waals surface area contributed by atoms with Crippen LogP contribution < -0.4 is 5.32 Å². The molecule has 0 saturated heterocycles. The van der Waals surface area contributed by atoms with Gasteiger partial charge in [-0.15, -0.1) is 11.3 Å². The number of thiazole rings is 1. The number of carbonyl (C=O) groups is 2. The highest BCUT2D eigenvalue weighted by Crippen LogP contribution is 2.34. The van der Waals surface area contributed by atoms with Crippen molar-refractivity contribution in [3.05, 3.63) is 16.1 Å². The lowest BCUT2D eigenvalue weighted by molar-refractivity contribution is 0.0526. The van der Waals surface area contributed by atoms with Gasteiger partial charge in [0.25, 0.3) is 5.91 Å². The topological polar surface area (TPSA) is 68.3 Å². The molecule has 0 bridgehead atoms. The third kappa shape index (κ3) is 3.61. The Balaban J connectivity index is 1.96. The normalized spacial score (nSPS) is 24.8. The summed E-state index contributed by atoms with van der Waals surface area (Å²) in [5, 5.41) is 4.89. The number of esters is 1. The van der Waals surface area contributed by atoms with Gasteiger partial charge in [-0.25, -0.2) is 9.78 Å².